The van der Waals surface area contributed by atoms with E-state index >= 15 is 0 Å². The van der Waals surface area contributed by atoms with Crippen LogP contribution in [0.25, 0.3) is 0 Å². The first-order valence-electron chi connectivity index (χ1n) is 7.09. The number of methoxy groups -OCH3 is 1. The molecule has 0 bridgehead atoms. The normalized spacial score (nSPS) is 10.8. The number of aromatic hydroxyl groups is 2. The second-order valence-corrected chi connectivity index (χ2v) is 5.45. The van der Waals surface area contributed by atoms with Gasteiger partial charge < -0.3 is 26.4 Å². The van der Waals surface area contributed by atoms with Crippen LogP contribution in [0.3, 0.4) is 0 Å². The number of ether oxygens (including phenoxy) is 1. The van der Waals surface area contributed by atoms with E-state index in [2.05, 4.69) is 0 Å². The van der Waals surface area contributed by atoms with Crippen molar-refractivity contribution in [2.45, 2.75) is 19.8 Å². The number of hydrogen-bond acceptors (Lipinski definition) is 5. The smallest absolute Gasteiger partial charge is 0.122 e. The second kappa shape index (κ2) is 6.58. The minimum absolute atomic E-state index is 0.186. The van der Waals surface area contributed by atoms with Crippen molar-refractivity contribution in [2.24, 2.45) is 0 Å². The lowest BCUT2D eigenvalue weighted by Crippen LogP contribution is -2.01. The van der Waals surface area contributed by atoms with E-state index < -0.39 is 0 Å². The van der Waals surface area contributed by atoms with Gasteiger partial charge in [-0.1, -0.05) is 0 Å². The maximum Gasteiger partial charge on any atom is 0.122 e. The Kier molecular flexibility index (Phi) is 4.78. The zero-order chi connectivity index (χ0) is 16.3. The van der Waals surface area contributed by atoms with Crippen LogP contribution >= 0.6 is 0 Å². The van der Waals surface area contributed by atoms with Crippen molar-refractivity contribution in [3.8, 4) is 11.5 Å². The first kappa shape index (κ1) is 16.0. The van der Waals surface area contributed by atoms with Crippen LogP contribution in [0.1, 0.15) is 22.3 Å². The van der Waals surface area contributed by atoms with Gasteiger partial charge in [0.1, 0.15) is 11.5 Å². The molecule has 0 aliphatic rings. The molecule has 2 rings (SSSR count). The highest BCUT2D eigenvalue weighted by molar-refractivity contribution is 5.58. The summed E-state index contributed by atoms with van der Waals surface area (Å²) in [5.74, 6) is 0.375. The minimum Gasteiger partial charge on any atom is -0.507 e. The predicted molar refractivity (Wildman–Crippen MR) is 88.2 cm³/mol. The van der Waals surface area contributed by atoms with Crippen LogP contribution in [0.15, 0.2) is 24.3 Å². The van der Waals surface area contributed by atoms with Gasteiger partial charge in [-0.05, 0) is 48.7 Å². The maximum atomic E-state index is 10.4. The molecule has 0 radical (unpaired) electrons. The molecule has 0 fully saturated rings. The van der Waals surface area contributed by atoms with Crippen molar-refractivity contribution < 1.29 is 14.9 Å². The van der Waals surface area contributed by atoms with Crippen molar-refractivity contribution >= 4 is 11.4 Å². The molecule has 22 heavy (non-hydrogen) atoms. The summed E-state index contributed by atoms with van der Waals surface area (Å²) >= 11 is 0. The van der Waals surface area contributed by atoms with Gasteiger partial charge in [0.15, 0.2) is 0 Å². The summed E-state index contributed by atoms with van der Waals surface area (Å²) < 4.78 is 5.04. The Morgan fingerprint density at radius 2 is 1.45 bits per heavy atom. The third-order valence-electron chi connectivity index (χ3n) is 3.65. The van der Waals surface area contributed by atoms with Gasteiger partial charge in [-0.2, -0.15) is 0 Å². The summed E-state index contributed by atoms with van der Waals surface area (Å²) in [5.41, 5.74) is 15.7. The number of aryl methyl sites for hydroxylation is 1. The second-order valence-electron chi connectivity index (χ2n) is 5.45. The van der Waals surface area contributed by atoms with Crippen LogP contribution in [0, 0.1) is 6.92 Å². The number of phenolic OH excluding ortho intramolecular Hbond substituents is 2. The molecule has 0 atom stereocenters. The van der Waals surface area contributed by atoms with Gasteiger partial charge >= 0.3 is 0 Å². The van der Waals surface area contributed by atoms with Gasteiger partial charge in [0, 0.05) is 36.0 Å². The summed E-state index contributed by atoms with van der Waals surface area (Å²) in [4.78, 5) is 0. The molecule has 5 heteroatoms. The largest absolute Gasteiger partial charge is 0.507 e. The summed E-state index contributed by atoms with van der Waals surface area (Å²) in [6, 6.07) is 6.87. The summed E-state index contributed by atoms with van der Waals surface area (Å²) in [5, 5.41) is 20.6. The Morgan fingerprint density at radius 1 is 0.909 bits per heavy atom. The van der Waals surface area contributed by atoms with Crippen molar-refractivity contribution in [1.29, 1.82) is 0 Å². The van der Waals surface area contributed by atoms with E-state index in [0.717, 1.165) is 5.56 Å². The monoisotopic (exact) mass is 302 g/mol. The average Bonchev–Trinajstić information content (AvgIpc) is 2.46. The molecule has 0 saturated heterocycles. The highest BCUT2D eigenvalue weighted by atomic mass is 16.5. The molecule has 118 valence electrons. The lowest BCUT2D eigenvalue weighted by molar-refractivity contribution is 0.201. The molecule has 6 N–H and O–H groups in total. The first-order valence-corrected chi connectivity index (χ1v) is 7.09. The van der Waals surface area contributed by atoms with Crippen LogP contribution in [0.2, 0.25) is 0 Å². The van der Waals surface area contributed by atoms with E-state index in [-0.39, 0.29) is 11.5 Å². The van der Waals surface area contributed by atoms with Crippen molar-refractivity contribution in [3.63, 3.8) is 0 Å². The number of phenols is 2. The number of nitrogens with two attached hydrogens (primary N) is 2. The fourth-order valence-corrected chi connectivity index (χ4v) is 2.55. The van der Waals surface area contributed by atoms with Gasteiger partial charge in [-0.15, -0.1) is 0 Å². The SMILES string of the molecule is COCCc1cc(N)cc(Cc2cc(N)cc(C)c2O)c1O. The van der Waals surface area contributed by atoms with Crippen LogP contribution < -0.4 is 11.5 Å². The standard InChI is InChI=1S/C17H22N2O3/c1-10-5-14(18)8-12(16(10)20)6-13-9-15(19)7-11(17(13)21)3-4-22-2/h5,7-9,20-21H,3-4,6,18-19H2,1-2H3. The molecule has 0 heterocycles. The molecule has 0 aliphatic carbocycles. The highest BCUT2D eigenvalue weighted by Crippen LogP contribution is 2.33. The maximum absolute atomic E-state index is 10.4. The molecule has 0 spiro atoms. The van der Waals surface area contributed by atoms with Gasteiger partial charge in [0.2, 0.25) is 0 Å². The van der Waals surface area contributed by atoms with Gasteiger partial charge in [0.05, 0.1) is 6.61 Å². The number of nitrogen functional groups attached to an aromatic ring is 2. The predicted octanol–water partition coefficient (Wildman–Crippen LogP) is 2.35. The van der Waals surface area contributed by atoms with Crippen LogP contribution in [0.4, 0.5) is 11.4 Å². The van der Waals surface area contributed by atoms with Gasteiger partial charge in [0.25, 0.3) is 0 Å². The molecule has 2 aromatic rings. The van der Waals surface area contributed by atoms with Crippen LogP contribution in [-0.4, -0.2) is 23.9 Å². The van der Waals surface area contributed by atoms with E-state index in [0.29, 0.717) is 47.5 Å². The van der Waals surface area contributed by atoms with Crippen molar-refractivity contribution in [1.82, 2.24) is 0 Å². The fraction of sp³-hybridized carbons (Fsp3) is 0.294. The zero-order valence-corrected chi connectivity index (χ0v) is 12.9. The van der Waals surface area contributed by atoms with Crippen LogP contribution in [-0.2, 0) is 17.6 Å². The van der Waals surface area contributed by atoms with Crippen molar-refractivity contribution in [2.75, 3.05) is 25.2 Å². The Bertz CT molecular complexity index is 684. The Labute approximate surface area is 130 Å². The molecular formula is C17H22N2O3. The van der Waals surface area contributed by atoms with Gasteiger partial charge in [-0.3, -0.25) is 0 Å². The van der Waals surface area contributed by atoms with E-state index in [9.17, 15) is 10.2 Å². The quantitative estimate of drug-likeness (QED) is 0.501. The minimum atomic E-state index is 0.186. The Balaban J connectivity index is 2.39. The summed E-state index contributed by atoms with van der Waals surface area (Å²) in [6.45, 7) is 2.29. The molecule has 0 unspecified atom stereocenters. The molecule has 0 aliphatic heterocycles. The Morgan fingerprint density at radius 3 is 2.09 bits per heavy atom. The average molecular weight is 302 g/mol. The summed E-state index contributed by atoms with van der Waals surface area (Å²) in [6.07, 6.45) is 0.927. The molecule has 5 nitrogen and oxygen atoms in total. The lowest BCUT2D eigenvalue weighted by Gasteiger charge is -2.13. The third kappa shape index (κ3) is 3.43. The third-order valence-corrected chi connectivity index (χ3v) is 3.65. The van der Waals surface area contributed by atoms with E-state index in [4.69, 9.17) is 16.2 Å². The topological polar surface area (TPSA) is 102 Å². The molecular weight excluding hydrogens is 280 g/mol. The number of anilines is 2. The van der Waals surface area contributed by atoms with Gasteiger partial charge in [-0.25, -0.2) is 0 Å². The molecule has 0 aromatic heterocycles. The molecule has 2 aromatic carbocycles. The lowest BCUT2D eigenvalue weighted by atomic mass is 9.97. The first-order chi connectivity index (χ1) is 10.4. The number of hydrogen-bond donors (Lipinski definition) is 4. The number of rotatable bonds is 5. The number of benzene rings is 2. The highest BCUT2D eigenvalue weighted by Gasteiger charge is 2.13. The van der Waals surface area contributed by atoms with Crippen molar-refractivity contribution in [3.05, 3.63) is 46.5 Å². The van der Waals surface area contributed by atoms with E-state index in [1.807, 2.05) is 0 Å². The van der Waals surface area contributed by atoms with Crippen LogP contribution in [0.5, 0.6) is 11.5 Å². The summed E-state index contributed by atoms with van der Waals surface area (Å²) in [7, 11) is 1.61. The fourth-order valence-electron chi connectivity index (χ4n) is 2.55. The van der Waals surface area contributed by atoms with E-state index in [1.165, 1.54) is 0 Å². The zero-order valence-electron chi connectivity index (χ0n) is 12.9. The Hall–Kier alpha value is -2.40. The molecule has 0 amide bonds. The van der Waals surface area contributed by atoms with E-state index in [1.54, 1.807) is 38.3 Å². The molecule has 0 saturated carbocycles.